The van der Waals surface area contributed by atoms with Crippen LogP contribution in [0.1, 0.15) is 64.4 Å². The standard InChI is InChI=1S/C17H27Br/c1-3-5-7-9-15(8-6-4-2)14-16-10-12-17(18)13-11-16/h10-13,15H,3-9,14H2,1-2H3. The first-order valence-electron chi connectivity index (χ1n) is 7.50. The van der Waals surface area contributed by atoms with Gasteiger partial charge >= 0.3 is 0 Å². The van der Waals surface area contributed by atoms with Crippen LogP contribution in [0.15, 0.2) is 28.7 Å². The Hall–Kier alpha value is -0.300. The molecule has 0 amide bonds. The maximum Gasteiger partial charge on any atom is 0.0175 e. The van der Waals surface area contributed by atoms with Crippen LogP contribution >= 0.6 is 15.9 Å². The summed E-state index contributed by atoms with van der Waals surface area (Å²) in [7, 11) is 0. The quantitative estimate of drug-likeness (QED) is 0.464. The Kier molecular flexibility index (Phi) is 8.41. The van der Waals surface area contributed by atoms with Crippen molar-refractivity contribution < 1.29 is 0 Å². The molecule has 1 unspecified atom stereocenters. The summed E-state index contributed by atoms with van der Waals surface area (Å²) in [6.07, 6.45) is 10.9. The van der Waals surface area contributed by atoms with Crippen molar-refractivity contribution in [1.82, 2.24) is 0 Å². The van der Waals surface area contributed by atoms with Crippen molar-refractivity contribution in [3.05, 3.63) is 34.3 Å². The Morgan fingerprint density at radius 2 is 1.50 bits per heavy atom. The van der Waals surface area contributed by atoms with Gasteiger partial charge in [0.1, 0.15) is 0 Å². The van der Waals surface area contributed by atoms with Gasteiger partial charge in [0.2, 0.25) is 0 Å². The number of hydrogen-bond donors (Lipinski definition) is 0. The lowest BCUT2D eigenvalue weighted by Gasteiger charge is -2.16. The zero-order chi connectivity index (χ0) is 13.2. The fourth-order valence-electron chi connectivity index (χ4n) is 2.48. The van der Waals surface area contributed by atoms with E-state index in [0.29, 0.717) is 0 Å². The van der Waals surface area contributed by atoms with E-state index >= 15 is 0 Å². The van der Waals surface area contributed by atoms with Gasteiger partial charge in [-0.15, -0.1) is 0 Å². The molecule has 18 heavy (non-hydrogen) atoms. The first-order valence-corrected chi connectivity index (χ1v) is 8.30. The summed E-state index contributed by atoms with van der Waals surface area (Å²) in [6, 6.07) is 8.86. The Balaban J connectivity index is 2.45. The second-order valence-electron chi connectivity index (χ2n) is 5.33. The molecule has 0 nitrogen and oxygen atoms in total. The van der Waals surface area contributed by atoms with Crippen LogP contribution in [-0.2, 0) is 6.42 Å². The van der Waals surface area contributed by atoms with Crippen molar-refractivity contribution in [3.8, 4) is 0 Å². The normalized spacial score (nSPS) is 12.6. The number of halogens is 1. The lowest BCUT2D eigenvalue weighted by Crippen LogP contribution is -2.05. The van der Waals surface area contributed by atoms with Crippen molar-refractivity contribution in [1.29, 1.82) is 0 Å². The summed E-state index contributed by atoms with van der Waals surface area (Å²) >= 11 is 3.50. The van der Waals surface area contributed by atoms with Crippen molar-refractivity contribution >= 4 is 15.9 Å². The third-order valence-electron chi connectivity index (χ3n) is 3.62. The van der Waals surface area contributed by atoms with Gasteiger partial charge < -0.3 is 0 Å². The van der Waals surface area contributed by atoms with Gasteiger partial charge in [0.15, 0.2) is 0 Å². The molecule has 1 rings (SSSR count). The van der Waals surface area contributed by atoms with E-state index < -0.39 is 0 Å². The Morgan fingerprint density at radius 3 is 2.11 bits per heavy atom. The van der Waals surface area contributed by atoms with E-state index in [0.717, 1.165) is 5.92 Å². The topological polar surface area (TPSA) is 0 Å². The fraction of sp³-hybridized carbons (Fsp3) is 0.647. The predicted octanol–water partition coefficient (Wildman–Crippen LogP) is 6.38. The maximum absolute atomic E-state index is 3.50. The van der Waals surface area contributed by atoms with Gasteiger partial charge in [0.05, 0.1) is 0 Å². The summed E-state index contributed by atoms with van der Waals surface area (Å²) in [5.41, 5.74) is 1.50. The average molecular weight is 311 g/mol. The van der Waals surface area contributed by atoms with E-state index in [2.05, 4.69) is 54.0 Å². The van der Waals surface area contributed by atoms with E-state index in [-0.39, 0.29) is 0 Å². The third-order valence-corrected chi connectivity index (χ3v) is 4.15. The van der Waals surface area contributed by atoms with Crippen molar-refractivity contribution in [3.63, 3.8) is 0 Å². The molecule has 1 heteroatoms. The molecule has 0 spiro atoms. The minimum Gasteiger partial charge on any atom is -0.0654 e. The lowest BCUT2D eigenvalue weighted by atomic mass is 9.89. The number of benzene rings is 1. The molecule has 1 aromatic rings. The molecular formula is C17H27Br. The van der Waals surface area contributed by atoms with Crippen LogP contribution in [0, 0.1) is 5.92 Å². The Morgan fingerprint density at radius 1 is 0.889 bits per heavy atom. The second kappa shape index (κ2) is 9.61. The molecule has 102 valence electrons. The number of unbranched alkanes of at least 4 members (excludes halogenated alkanes) is 3. The molecule has 0 aliphatic rings. The molecular weight excluding hydrogens is 284 g/mol. The monoisotopic (exact) mass is 310 g/mol. The van der Waals surface area contributed by atoms with E-state index in [1.165, 1.54) is 61.4 Å². The third kappa shape index (κ3) is 6.58. The molecule has 0 fully saturated rings. The smallest absolute Gasteiger partial charge is 0.0175 e. The molecule has 0 heterocycles. The molecule has 0 N–H and O–H groups in total. The van der Waals surface area contributed by atoms with Crippen molar-refractivity contribution in [2.24, 2.45) is 5.92 Å². The van der Waals surface area contributed by atoms with Crippen molar-refractivity contribution in [2.75, 3.05) is 0 Å². The van der Waals surface area contributed by atoms with Gasteiger partial charge in [-0.05, 0) is 30.0 Å². The van der Waals surface area contributed by atoms with Crippen LogP contribution in [0.4, 0.5) is 0 Å². The highest BCUT2D eigenvalue weighted by atomic mass is 79.9. The molecule has 0 saturated carbocycles. The number of rotatable bonds is 9. The molecule has 0 aliphatic carbocycles. The minimum atomic E-state index is 0.887. The highest BCUT2D eigenvalue weighted by Crippen LogP contribution is 2.22. The fourth-order valence-corrected chi connectivity index (χ4v) is 2.74. The number of hydrogen-bond acceptors (Lipinski definition) is 0. The molecule has 1 atom stereocenters. The summed E-state index contributed by atoms with van der Waals surface area (Å²) in [6.45, 7) is 4.58. The van der Waals surface area contributed by atoms with Gasteiger partial charge in [-0.25, -0.2) is 0 Å². The summed E-state index contributed by atoms with van der Waals surface area (Å²) in [4.78, 5) is 0. The van der Waals surface area contributed by atoms with Crippen molar-refractivity contribution in [2.45, 2.75) is 65.2 Å². The van der Waals surface area contributed by atoms with Crippen LogP contribution in [0.3, 0.4) is 0 Å². The van der Waals surface area contributed by atoms with Gasteiger partial charge in [0.25, 0.3) is 0 Å². The van der Waals surface area contributed by atoms with Crippen LogP contribution in [0.2, 0.25) is 0 Å². The molecule has 0 bridgehead atoms. The summed E-state index contributed by atoms with van der Waals surface area (Å²) in [5, 5.41) is 0. The van der Waals surface area contributed by atoms with Crippen LogP contribution < -0.4 is 0 Å². The van der Waals surface area contributed by atoms with E-state index in [1.54, 1.807) is 0 Å². The molecule has 0 aromatic heterocycles. The second-order valence-corrected chi connectivity index (χ2v) is 6.25. The SMILES string of the molecule is CCCCCC(CCCC)Cc1ccc(Br)cc1. The largest absolute Gasteiger partial charge is 0.0654 e. The highest BCUT2D eigenvalue weighted by molar-refractivity contribution is 9.10. The Labute approximate surface area is 121 Å². The molecule has 1 aromatic carbocycles. The van der Waals surface area contributed by atoms with Crippen LogP contribution in [0.25, 0.3) is 0 Å². The van der Waals surface area contributed by atoms with Gasteiger partial charge in [-0.3, -0.25) is 0 Å². The van der Waals surface area contributed by atoms with E-state index in [9.17, 15) is 0 Å². The van der Waals surface area contributed by atoms with E-state index in [4.69, 9.17) is 0 Å². The summed E-state index contributed by atoms with van der Waals surface area (Å²) in [5.74, 6) is 0.887. The molecule has 0 aliphatic heterocycles. The van der Waals surface area contributed by atoms with Gasteiger partial charge in [0, 0.05) is 4.47 Å². The lowest BCUT2D eigenvalue weighted by molar-refractivity contribution is 0.412. The average Bonchev–Trinajstić information content (AvgIpc) is 2.38. The first kappa shape index (κ1) is 15.8. The van der Waals surface area contributed by atoms with E-state index in [1.807, 2.05) is 0 Å². The first-order chi connectivity index (χ1) is 8.76. The Bertz CT molecular complexity index is 302. The highest BCUT2D eigenvalue weighted by Gasteiger charge is 2.09. The van der Waals surface area contributed by atoms with Crippen LogP contribution in [0.5, 0.6) is 0 Å². The molecule has 0 radical (unpaired) electrons. The minimum absolute atomic E-state index is 0.887. The summed E-state index contributed by atoms with van der Waals surface area (Å²) < 4.78 is 1.18. The zero-order valence-electron chi connectivity index (χ0n) is 11.9. The maximum atomic E-state index is 3.50. The zero-order valence-corrected chi connectivity index (χ0v) is 13.5. The van der Waals surface area contributed by atoms with Gasteiger partial charge in [-0.1, -0.05) is 86.9 Å². The van der Waals surface area contributed by atoms with Crippen LogP contribution in [-0.4, -0.2) is 0 Å². The van der Waals surface area contributed by atoms with Gasteiger partial charge in [-0.2, -0.15) is 0 Å². The molecule has 0 saturated heterocycles. The predicted molar refractivity (Wildman–Crippen MR) is 85.0 cm³/mol.